The normalized spacial score (nSPS) is 11.8. The molecule has 0 aliphatic carbocycles. The van der Waals surface area contributed by atoms with Crippen LogP contribution in [-0.2, 0) is 13.0 Å². The van der Waals surface area contributed by atoms with Crippen molar-refractivity contribution in [3.05, 3.63) is 35.4 Å². The van der Waals surface area contributed by atoms with Gasteiger partial charge in [-0.15, -0.1) is 0 Å². The Morgan fingerprint density at radius 2 is 1.60 bits per heavy atom. The summed E-state index contributed by atoms with van der Waals surface area (Å²) >= 11 is 0. The van der Waals surface area contributed by atoms with Crippen LogP contribution >= 0.6 is 0 Å². The lowest BCUT2D eigenvalue weighted by Crippen LogP contribution is -2.24. The molecule has 0 heterocycles. The predicted molar refractivity (Wildman–Crippen MR) is 89.1 cm³/mol. The molecular formula is C18H32N2. The molecule has 0 aliphatic heterocycles. The van der Waals surface area contributed by atoms with Gasteiger partial charge in [0.15, 0.2) is 0 Å². The fraction of sp³-hybridized carbons (Fsp3) is 0.667. The van der Waals surface area contributed by atoms with Gasteiger partial charge in [-0.1, -0.05) is 52.0 Å². The van der Waals surface area contributed by atoms with Crippen LogP contribution in [0.3, 0.4) is 0 Å². The Hall–Kier alpha value is -0.860. The lowest BCUT2D eigenvalue weighted by Gasteiger charge is -2.18. The Labute approximate surface area is 125 Å². The predicted octanol–water partition coefficient (Wildman–Crippen LogP) is 3.71. The van der Waals surface area contributed by atoms with Gasteiger partial charge in [-0.25, -0.2) is 0 Å². The monoisotopic (exact) mass is 276 g/mol. The maximum atomic E-state index is 3.46. The van der Waals surface area contributed by atoms with Crippen LogP contribution in [0.15, 0.2) is 24.3 Å². The van der Waals surface area contributed by atoms with Gasteiger partial charge < -0.3 is 10.2 Å². The van der Waals surface area contributed by atoms with Gasteiger partial charge in [0.1, 0.15) is 0 Å². The van der Waals surface area contributed by atoms with E-state index in [1.807, 2.05) is 0 Å². The molecule has 0 aromatic heterocycles. The van der Waals surface area contributed by atoms with E-state index in [0.29, 0.717) is 6.04 Å². The van der Waals surface area contributed by atoms with Gasteiger partial charge in [-0.2, -0.15) is 0 Å². The second kappa shape index (κ2) is 9.15. The molecule has 0 saturated carbocycles. The summed E-state index contributed by atoms with van der Waals surface area (Å²) in [7, 11) is 2.21. The van der Waals surface area contributed by atoms with Gasteiger partial charge in [-0.05, 0) is 50.0 Å². The van der Waals surface area contributed by atoms with E-state index >= 15 is 0 Å². The van der Waals surface area contributed by atoms with E-state index < -0.39 is 0 Å². The van der Waals surface area contributed by atoms with Crippen molar-refractivity contribution in [2.75, 3.05) is 20.1 Å². The number of rotatable bonds is 9. The first-order valence-corrected chi connectivity index (χ1v) is 7.97. The van der Waals surface area contributed by atoms with Crippen molar-refractivity contribution in [1.29, 1.82) is 0 Å². The van der Waals surface area contributed by atoms with Gasteiger partial charge >= 0.3 is 0 Å². The highest BCUT2D eigenvalue weighted by atomic mass is 15.1. The Bertz CT molecular complexity index is 354. The molecule has 1 rings (SSSR count). The summed E-state index contributed by atoms with van der Waals surface area (Å²) in [4.78, 5) is 2.41. The van der Waals surface area contributed by atoms with Crippen molar-refractivity contribution in [2.24, 2.45) is 5.92 Å². The van der Waals surface area contributed by atoms with Gasteiger partial charge in [0.05, 0.1) is 0 Å². The summed E-state index contributed by atoms with van der Waals surface area (Å²) < 4.78 is 0. The topological polar surface area (TPSA) is 15.3 Å². The van der Waals surface area contributed by atoms with E-state index in [4.69, 9.17) is 0 Å². The fourth-order valence-electron chi connectivity index (χ4n) is 2.19. The Morgan fingerprint density at radius 3 is 2.15 bits per heavy atom. The summed E-state index contributed by atoms with van der Waals surface area (Å²) in [6, 6.07) is 9.66. The van der Waals surface area contributed by atoms with Crippen molar-refractivity contribution < 1.29 is 0 Å². The maximum absolute atomic E-state index is 3.46. The Kier molecular flexibility index (Phi) is 7.86. The van der Waals surface area contributed by atoms with Crippen LogP contribution in [-0.4, -0.2) is 31.1 Å². The van der Waals surface area contributed by atoms with Crippen LogP contribution in [0.2, 0.25) is 0 Å². The van der Waals surface area contributed by atoms with Crippen molar-refractivity contribution in [2.45, 2.75) is 53.1 Å². The van der Waals surface area contributed by atoms with E-state index in [1.165, 1.54) is 24.1 Å². The first-order chi connectivity index (χ1) is 9.47. The first kappa shape index (κ1) is 17.2. The zero-order valence-electron chi connectivity index (χ0n) is 13.9. The van der Waals surface area contributed by atoms with E-state index in [9.17, 15) is 0 Å². The molecule has 2 nitrogen and oxygen atoms in total. The van der Waals surface area contributed by atoms with Gasteiger partial charge in [-0.3, -0.25) is 0 Å². The standard InChI is InChI=1S/C18H32N2/c1-15(2)11-13-20(5)14-18-8-6-17(7-9-18)10-12-19-16(3)4/h6-9,15-16,19H,10-14H2,1-5H3. The van der Waals surface area contributed by atoms with Crippen molar-refractivity contribution in [3.63, 3.8) is 0 Å². The SMILES string of the molecule is CC(C)CCN(C)Cc1ccc(CCNC(C)C)cc1. The second-order valence-corrected chi connectivity index (χ2v) is 6.60. The molecule has 0 fully saturated rings. The minimum atomic E-state index is 0.573. The highest BCUT2D eigenvalue weighted by Crippen LogP contribution is 2.09. The number of benzene rings is 1. The number of hydrogen-bond donors (Lipinski definition) is 1. The Balaban J connectivity index is 2.34. The van der Waals surface area contributed by atoms with Gasteiger partial charge in [0.2, 0.25) is 0 Å². The molecule has 1 aromatic carbocycles. The van der Waals surface area contributed by atoms with Crippen LogP contribution < -0.4 is 5.32 Å². The largest absolute Gasteiger partial charge is 0.314 e. The van der Waals surface area contributed by atoms with Crippen molar-refractivity contribution >= 4 is 0 Å². The maximum Gasteiger partial charge on any atom is 0.0230 e. The summed E-state index contributed by atoms with van der Waals surface area (Å²) in [5.74, 6) is 0.785. The van der Waals surface area contributed by atoms with Crippen LogP contribution in [0, 0.1) is 5.92 Å². The molecule has 0 spiro atoms. The third-order valence-electron chi connectivity index (χ3n) is 3.53. The summed E-state index contributed by atoms with van der Waals surface area (Å²) in [5.41, 5.74) is 2.84. The minimum Gasteiger partial charge on any atom is -0.314 e. The van der Waals surface area contributed by atoms with Crippen molar-refractivity contribution in [3.8, 4) is 0 Å². The lowest BCUT2D eigenvalue weighted by atomic mass is 10.1. The number of nitrogens with zero attached hydrogens (tertiary/aromatic N) is 1. The third kappa shape index (κ3) is 7.66. The van der Waals surface area contributed by atoms with Crippen molar-refractivity contribution in [1.82, 2.24) is 10.2 Å². The Morgan fingerprint density at radius 1 is 1.00 bits per heavy atom. The lowest BCUT2D eigenvalue weighted by molar-refractivity contribution is 0.303. The first-order valence-electron chi connectivity index (χ1n) is 7.97. The molecule has 1 N–H and O–H groups in total. The molecule has 0 atom stereocenters. The number of hydrogen-bond acceptors (Lipinski definition) is 2. The smallest absolute Gasteiger partial charge is 0.0230 e. The zero-order valence-corrected chi connectivity index (χ0v) is 13.9. The average Bonchev–Trinajstić information content (AvgIpc) is 2.38. The molecule has 0 amide bonds. The van der Waals surface area contributed by atoms with Crippen LogP contribution in [0.4, 0.5) is 0 Å². The van der Waals surface area contributed by atoms with E-state index in [2.05, 4.69) is 69.2 Å². The highest BCUT2D eigenvalue weighted by Gasteiger charge is 2.02. The van der Waals surface area contributed by atoms with Crippen LogP contribution in [0.5, 0.6) is 0 Å². The zero-order chi connectivity index (χ0) is 15.0. The van der Waals surface area contributed by atoms with E-state index in [1.54, 1.807) is 0 Å². The summed E-state index contributed by atoms with van der Waals surface area (Å²) in [6.07, 6.45) is 2.39. The number of nitrogens with one attached hydrogen (secondary N) is 1. The second-order valence-electron chi connectivity index (χ2n) is 6.60. The molecule has 0 saturated heterocycles. The summed E-state index contributed by atoms with van der Waals surface area (Å²) in [6.45, 7) is 12.2. The third-order valence-corrected chi connectivity index (χ3v) is 3.53. The quantitative estimate of drug-likeness (QED) is 0.740. The highest BCUT2D eigenvalue weighted by molar-refractivity contribution is 5.22. The molecule has 0 bridgehead atoms. The van der Waals surface area contributed by atoms with Crippen LogP contribution in [0.25, 0.3) is 0 Å². The molecule has 0 aliphatic rings. The molecular weight excluding hydrogens is 244 g/mol. The molecule has 114 valence electrons. The van der Waals surface area contributed by atoms with Gasteiger partial charge in [0, 0.05) is 12.6 Å². The molecule has 0 radical (unpaired) electrons. The van der Waals surface area contributed by atoms with E-state index in [0.717, 1.165) is 25.4 Å². The average molecular weight is 276 g/mol. The fourth-order valence-corrected chi connectivity index (χ4v) is 2.19. The molecule has 1 aromatic rings. The van der Waals surface area contributed by atoms with Gasteiger partial charge in [0.25, 0.3) is 0 Å². The van der Waals surface area contributed by atoms with Crippen LogP contribution in [0.1, 0.15) is 45.2 Å². The molecule has 0 unspecified atom stereocenters. The minimum absolute atomic E-state index is 0.573. The molecule has 2 heteroatoms. The molecule has 20 heavy (non-hydrogen) atoms. The van der Waals surface area contributed by atoms with E-state index in [-0.39, 0.29) is 0 Å². The summed E-state index contributed by atoms with van der Waals surface area (Å²) in [5, 5.41) is 3.46.